The molecule has 0 saturated carbocycles. The molecule has 136 valence electrons. The van der Waals surface area contributed by atoms with Gasteiger partial charge in [0, 0.05) is 0 Å². The van der Waals surface area contributed by atoms with E-state index in [1.807, 2.05) is 38.1 Å². The number of hydrogen-bond acceptors (Lipinski definition) is 3. The maximum absolute atomic E-state index is 10.3. The molecule has 0 radical (unpaired) electrons. The van der Waals surface area contributed by atoms with Gasteiger partial charge in [-0.2, -0.15) is 0 Å². The Hall–Kier alpha value is -2.33. The molecule has 4 heteroatoms. The van der Waals surface area contributed by atoms with Crippen LogP contribution in [0.3, 0.4) is 0 Å². The van der Waals surface area contributed by atoms with Gasteiger partial charge in [0.25, 0.3) is 0 Å². The van der Waals surface area contributed by atoms with Crippen LogP contribution < -0.4 is 4.74 Å². The minimum atomic E-state index is -0.974. The number of benzene rings is 2. The monoisotopic (exact) mass is 344 g/mol. The Kier molecular flexibility index (Phi) is 9.33. The predicted molar refractivity (Wildman–Crippen MR) is 101 cm³/mol. The molecule has 0 saturated heterocycles. The summed E-state index contributed by atoms with van der Waals surface area (Å²) in [6.07, 6.45) is 0. The van der Waals surface area contributed by atoms with E-state index in [1.165, 1.54) is 11.1 Å². The van der Waals surface area contributed by atoms with Crippen LogP contribution in [0.2, 0.25) is 0 Å². The highest BCUT2D eigenvalue weighted by molar-refractivity contribution is 5.68. The third-order valence-electron chi connectivity index (χ3n) is 3.49. The quantitative estimate of drug-likeness (QED) is 0.686. The van der Waals surface area contributed by atoms with Crippen molar-refractivity contribution in [3.63, 3.8) is 0 Å². The molecular weight excluding hydrogens is 316 g/mol. The van der Waals surface area contributed by atoms with Gasteiger partial charge < -0.3 is 14.6 Å². The fraction of sp³-hybridized carbons (Fsp3) is 0.381. The molecule has 0 aliphatic heterocycles. The summed E-state index contributed by atoms with van der Waals surface area (Å²) in [4.78, 5) is 10.3. The lowest BCUT2D eigenvalue weighted by Crippen LogP contribution is -2.12. The van der Waals surface area contributed by atoms with Gasteiger partial charge in [0.1, 0.15) is 19.0 Å². The van der Waals surface area contributed by atoms with Crippen molar-refractivity contribution in [1.82, 2.24) is 0 Å². The summed E-state index contributed by atoms with van der Waals surface area (Å²) in [5.74, 6) is 0.299. The van der Waals surface area contributed by atoms with Crippen molar-refractivity contribution < 1.29 is 19.4 Å². The molecule has 0 amide bonds. The summed E-state index contributed by atoms with van der Waals surface area (Å²) in [7, 11) is 0. The Balaban J connectivity index is 0.00000151. The van der Waals surface area contributed by atoms with E-state index < -0.39 is 5.97 Å². The molecule has 0 unspecified atom stereocenters. The number of hydrogen-bond donors (Lipinski definition) is 1. The van der Waals surface area contributed by atoms with Crippen LogP contribution >= 0.6 is 0 Å². The van der Waals surface area contributed by atoms with Crippen LogP contribution in [-0.4, -0.2) is 30.9 Å². The summed E-state index contributed by atoms with van der Waals surface area (Å²) >= 11 is 0. The molecule has 0 aromatic heterocycles. The molecule has 0 aliphatic rings. The first-order valence-electron chi connectivity index (χ1n) is 8.69. The molecule has 0 spiro atoms. The van der Waals surface area contributed by atoms with E-state index in [0.29, 0.717) is 12.5 Å². The summed E-state index contributed by atoms with van der Waals surface area (Å²) in [6.45, 7) is 8.65. The number of carboxylic acid groups (broad SMARTS) is 1. The first-order valence-corrected chi connectivity index (χ1v) is 8.69. The minimum Gasteiger partial charge on any atom is -0.491 e. The molecule has 0 bridgehead atoms. The third kappa shape index (κ3) is 7.40. The predicted octanol–water partition coefficient (Wildman–Crippen LogP) is 4.98. The van der Waals surface area contributed by atoms with Crippen LogP contribution in [0.5, 0.6) is 5.75 Å². The van der Waals surface area contributed by atoms with Gasteiger partial charge in [0.2, 0.25) is 0 Å². The van der Waals surface area contributed by atoms with Gasteiger partial charge in [-0.1, -0.05) is 64.1 Å². The molecule has 1 N–H and O–H groups in total. The zero-order chi connectivity index (χ0) is 18.7. The minimum absolute atomic E-state index is 0.255. The molecule has 0 heterocycles. The van der Waals surface area contributed by atoms with Crippen molar-refractivity contribution in [2.24, 2.45) is 0 Å². The number of ether oxygens (including phenoxy) is 2. The smallest absolute Gasteiger partial charge is 0.329 e. The van der Waals surface area contributed by atoms with Crippen molar-refractivity contribution in [2.45, 2.75) is 33.6 Å². The fourth-order valence-corrected chi connectivity index (χ4v) is 2.18. The van der Waals surface area contributed by atoms with E-state index >= 15 is 0 Å². The van der Waals surface area contributed by atoms with Crippen LogP contribution in [-0.2, 0) is 9.53 Å². The topological polar surface area (TPSA) is 55.8 Å². The van der Waals surface area contributed by atoms with Crippen LogP contribution in [0, 0.1) is 0 Å². The lowest BCUT2D eigenvalue weighted by atomic mass is 9.99. The van der Waals surface area contributed by atoms with Gasteiger partial charge in [-0.15, -0.1) is 0 Å². The second-order valence-corrected chi connectivity index (χ2v) is 5.60. The second-order valence-electron chi connectivity index (χ2n) is 5.60. The molecule has 25 heavy (non-hydrogen) atoms. The van der Waals surface area contributed by atoms with Crippen LogP contribution in [0.25, 0.3) is 11.1 Å². The normalized spacial score (nSPS) is 10.1. The summed E-state index contributed by atoms with van der Waals surface area (Å²) in [6, 6.07) is 16.4. The van der Waals surface area contributed by atoms with Crippen molar-refractivity contribution in [3.8, 4) is 16.9 Å². The number of aliphatic carboxylic acids is 1. The van der Waals surface area contributed by atoms with E-state index in [0.717, 1.165) is 11.3 Å². The van der Waals surface area contributed by atoms with Gasteiger partial charge in [-0.3, -0.25) is 0 Å². The maximum atomic E-state index is 10.3. The fourth-order valence-electron chi connectivity index (χ4n) is 2.18. The van der Waals surface area contributed by atoms with E-state index in [9.17, 15) is 4.79 Å². The molecule has 4 nitrogen and oxygen atoms in total. The Morgan fingerprint density at radius 3 is 1.92 bits per heavy atom. The highest BCUT2D eigenvalue weighted by Crippen LogP contribution is 2.24. The largest absolute Gasteiger partial charge is 0.491 e. The zero-order valence-electron chi connectivity index (χ0n) is 15.5. The van der Waals surface area contributed by atoms with Crippen LogP contribution in [0.4, 0.5) is 0 Å². The lowest BCUT2D eigenvalue weighted by molar-refractivity contribution is -0.142. The summed E-state index contributed by atoms with van der Waals surface area (Å²) in [5.41, 5.74) is 3.63. The SMILES string of the molecule is CC.CC(C)c1ccc(-c2ccc(OCCOCC(=O)O)cc2)cc1. The zero-order valence-corrected chi connectivity index (χ0v) is 15.5. The van der Waals surface area contributed by atoms with Crippen molar-refractivity contribution in [3.05, 3.63) is 54.1 Å². The first kappa shape index (κ1) is 20.7. The summed E-state index contributed by atoms with van der Waals surface area (Å²) < 4.78 is 10.4. The average molecular weight is 344 g/mol. The second kappa shape index (κ2) is 11.3. The van der Waals surface area contributed by atoms with Crippen LogP contribution in [0.15, 0.2) is 48.5 Å². The van der Waals surface area contributed by atoms with Gasteiger partial charge in [-0.05, 0) is 34.7 Å². The molecule has 2 aromatic rings. The lowest BCUT2D eigenvalue weighted by Gasteiger charge is -2.09. The highest BCUT2D eigenvalue weighted by atomic mass is 16.5. The maximum Gasteiger partial charge on any atom is 0.329 e. The van der Waals surface area contributed by atoms with E-state index in [4.69, 9.17) is 14.6 Å². The van der Waals surface area contributed by atoms with Gasteiger partial charge in [0.05, 0.1) is 6.61 Å². The highest BCUT2D eigenvalue weighted by Gasteiger charge is 2.02. The van der Waals surface area contributed by atoms with Crippen LogP contribution in [0.1, 0.15) is 39.2 Å². The van der Waals surface area contributed by atoms with E-state index in [2.05, 4.69) is 38.1 Å². The average Bonchev–Trinajstić information content (AvgIpc) is 2.63. The van der Waals surface area contributed by atoms with E-state index in [1.54, 1.807) is 0 Å². The molecule has 2 rings (SSSR count). The molecule has 2 aromatic carbocycles. The van der Waals surface area contributed by atoms with Gasteiger partial charge >= 0.3 is 5.97 Å². The van der Waals surface area contributed by atoms with Gasteiger partial charge in [0.15, 0.2) is 0 Å². The molecule has 0 aliphatic carbocycles. The Morgan fingerprint density at radius 2 is 1.44 bits per heavy atom. The van der Waals surface area contributed by atoms with Crippen molar-refractivity contribution >= 4 is 5.97 Å². The Bertz CT molecular complexity index is 615. The summed E-state index contributed by atoms with van der Waals surface area (Å²) in [5, 5.41) is 8.45. The standard InChI is InChI=1S/C19H22O4.C2H6/c1-14(2)15-3-5-16(6-4-15)17-7-9-18(10-8-17)23-12-11-22-13-19(20)21;1-2/h3-10,14H,11-13H2,1-2H3,(H,20,21);1-2H3. The molecule has 0 atom stereocenters. The van der Waals surface area contributed by atoms with E-state index in [-0.39, 0.29) is 13.2 Å². The molecular formula is C21H28O4. The van der Waals surface area contributed by atoms with Gasteiger partial charge in [-0.25, -0.2) is 4.79 Å². The number of carbonyl (C=O) groups is 1. The number of rotatable bonds is 8. The molecule has 0 fully saturated rings. The Morgan fingerprint density at radius 1 is 0.920 bits per heavy atom. The number of carboxylic acids is 1. The third-order valence-corrected chi connectivity index (χ3v) is 3.49. The van der Waals surface area contributed by atoms with Crippen molar-refractivity contribution in [2.75, 3.05) is 19.8 Å². The van der Waals surface area contributed by atoms with Crippen molar-refractivity contribution in [1.29, 1.82) is 0 Å². The first-order chi connectivity index (χ1) is 12.1. The Labute approximate surface area is 150 Å².